The fraction of sp³-hybridized carbons (Fsp3) is 0.462. The number of carboxylic acids is 1. The number of aryl methyl sites for hydroxylation is 1. The van der Waals surface area contributed by atoms with Crippen molar-refractivity contribution in [3.05, 3.63) is 39.4 Å². The molecule has 0 aliphatic carbocycles. The van der Waals surface area contributed by atoms with Gasteiger partial charge in [0.25, 0.3) is 5.69 Å². The van der Waals surface area contributed by atoms with Crippen molar-refractivity contribution in [3.63, 3.8) is 0 Å². The summed E-state index contributed by atoms with van der Waals surface area (Å²) in [6, 6.07) is 5.01. The van der Waals surface area contributed by atoms with Crippen molar-refractivity contribution in [2.75, 3.05) is 13.1 Å². The smallest absolute Gasteiger partial charge is 0.317 e. The fourth-order valence-corrected chi connectivity index (χ4v) is 1.93. The molecule has 0 heterocycles. The quantitative estimate of drug-likeness (QED) is 0.604. The van der Waals surface area contributed by atoms with Crippen LogP contribution in [-0.4, -0.2) is 34.0 Å². The van der Waals surface area contributed by atoms with Gasteiger partial charge in [0.2, 0.25) is 0 Å². The van der Waals surface area contributed by atoms with Gasteiger partial charge in [-0.25, -0.2) is 0 Å². The van der Waals surface area contributed by atoms with Crippen LogP contribution in [-0.2, 0) is 11.3 Å². The maximum Gasteiger partial charge on any atom is 0.317 e. The first-order valence-electron chi connectivity index (χ1n) is 6.12. The number of nitrogens with zero attached hydrogens (tertiary/aromatic N) is 2. The summed E-state index contributed by atoms with van der Waals surface area (Å²) in [7, 11) is 0. The molecule has 1 N–H and O–H groups in total. The molecular weight excluding hydrogens is 248 g/mol. The van der Waals surface area contributed by atoms with Gasteiger partial charge in [-0.05, 0) is 25.5 Å². The predicted molar refractivity (Wildman–Crippen MR) is 71.0 cm³/mol. The van der Waals surface area contributed by atoms with Crippen LogP contribution in [0.15, 0.2) is 18.2 Å². The molecule has 0 aliphatic heterocycles. The summed E-state index contributed by atoms with van der Waals surface area (Å²) in [6.07, 6.45) is 0.835. The Balaban J connectivity index is 2.87. The lowest BCUT2D eigenvalue weighted by Crippen LogP contribution is -2.30. The van der Waals surface area contributed by atoms with Crippen LogP contribution < -0.4 is 0 Å². The maximum absolute atomic E-state index is 10.9. The normalized spacial score (nSPS) is 10.7. The van der Waals surface area contributed by atoms with Gasteiger partial charge in [0.05, 0.1) is 11.5 Å². The second-order valence-electron chi connectivity index (χ2n) is 4.48. The van der Waals surface area contributed by atoms with Crippen LogP contribution in [0.25, 0.3) is 0 Å². The topological polar surface area (TPSA) is 83.7 Å². The molecule has 0 unspecified atom stereocenters. The Morgan fingerprint density at radius 3 is 2.68 bits per heavy atom. The first kappa shape index (κ1) is 15.1. The molecule has 1 aromatic carbocycles. The van der Waals surface area contributed by atoms with Crippen molar-refractivity contribution >= 4 is 11.7 Å². The lowest BCUT2D eigenvalue weighted by molar-refractivity contribution is -0.385. The van der Waals surface area contributed by atoms with Crippen molar-refractivity contribution in [3.8, 4) is 0 Å². The molecule has 0 radical (unpaired) electrons. The largest absolute Gasteiger partial charge is 0.480 e. The molecule has 0 atom stereocenters. The molecule has 0 amide bonds. The third kappa shape index (κ3) is 4.67. The van der Waals surface area contributed by atoms with E-state index in [1.54, 1.807) is 24.0 Å². The lowest BCUT2D eigenvalue weighted by Gasteiger charge is -2.19. The molecule has 1 aromatic rings. The van der Waals surface area contributed by atoms with Gasteiger partial charge in [0.1, 0.15) is 0 Å². The van der Waals surface area contributed by atoms with Crippen LogP contribution in [0.1, 0.15) is 24.5 Å². The predicted octanol–water partition coefficient (Wildman–Crippen LogP) is 2.20. The van der Waals surface area contributed by atoms with E-state index in [9.17, 15) is 14.9 Å². The molecule has 0 fully saturated rings. The summed E-state index contributed by atoms with van der Waals surface area (Å²) >= 11 is 0. The Hall–Kier alpha value is -1.95. The van der Waals surface area contributed by atoms with Crippen LogP contribution in [0.3, 0.4) is 0 Å². The molecule has 19 heavy (non-hydrogen) atoms. The third-order valence-electron chi connectivity index (χ3n) is 2.78. The molecule has 6 nitrogen and oxygen atoms in total. The van der Waals surface area contributed by atoms with E-state index in [0.29, 0.717) is 18.7 Å². The van der Waals surface area contributed by atoms with Crippen LogP contribution >= 0.6 is 0 Å². The molecule has 1 rings (SSSR count). The number of carboxylic acid groups (broad SMARTS) is 1. The van der Waals surface area contributed by atoms with Crippen molar-refractivity contribution in [2.45, 2.75) is 26.8 Å². The number of hydrogen-bond donors (Lipinski definition) is 1. The third-order valence-corrected chi connectivity index (χ3v) is 2.78. The van der Waals surface area contributed by atoms with Gasteiger partial charge < -0.3 is 5.11 Å². The number of rotatable bonds is 7. The van der Waals surface area contributed by atoms with E-state index in [4.69, 9.17) is 5.11 Å². The summed E-state index contributed by atoms with van der Waals surface area (Å²) in [6.45, 7) is 4.64. The van der Waals surface area contributed by atoms with E-state index in [0.717, 1.165) is 12.0 Å². The van der Waals surface area contributed by atoms with Crippen LogP contribution in [0.4, 0.5) is 5.69 Å². The lowest BCUT2D eigenvalue weighted by atomic mass is 10.1. The zero-order chi connectivity index (χ0) is 14.4. The minimum absolute atomic E-state index is 0.0600. The van der Waals surface area contributed by atoms with Crippen LogP contribution in [0, 0.1) is 17.0 Å². The van der Waals surface area contributed by atoms with Crippen molar-refractivity contribution < 1.29 is 14.8 Å². The Morgan fingerprint density at radius 2 is 2.16 bits per heavy atom. The molecule has 0 aliphatic rings. The number of aliphatic carboxylic acids is 1. The summed E-state index contributed by atoms with van der Waals surface area (Å²) in [5.41, 5.74) is 1.44. The van der Waals surface area contributed by atoms with Gasteiger partial charge >= 0.3 is 5.97 Å². The van der Waals surface area contributed by atoms with Gasteiger partial charge in [-0.3, -0.25) is 19.8 Å². The highest BCUT2D eigenvalue weighted by molar-refractivity contribution is 5.69. The molecular formula is C13H18N2O4. The molecule has 0 bridgehead atoms. The van der Waals surface area contributed by atoms with E-state index in [-0.39, 0.29) is 12.2 Å². The summed E-state index contributed by atoms with van der Waals surface area (Å²) in [4.78, 5) is 23.0. The molecule has 0 saturated heterocycles. The van der Waals surface area contributed by atoms with Gasteiger partial charge in [0.15, 0.2) is 0 Å². The second-order valence-corrected chi connectivity index (χ2v) is 4.48. The average Bonchev–Trinajstić information content (AvgIpc) is 2.30. The van der Waals surface area contributed by atoms with E-state index in [1.165, 1.54) is 6.07 Å². The number of carbonyl (C=O) groups is 1. The van der Waals surface area contributed by atoms with Crippen LogP contribution in [0.2, 0.25) is 0 Å². The second kappa shape index (κ2) is 6.84. The molecule has 0 aromatic heterocycles. The molecule has 6 heteroatoms. The first-order valence-corrected chi connectivity index (χ1v) is 6.12. The Bertz CT molecular complexity index is 474. The highest BCUT2D eigenvalue weighted by Crippen LogP contribution is 2.20. The zero-order valence-electron chi connectivity index (χ0n) is 11.1. The standard InChI is InChI=1S/C13H18N2O4/c1-3-6-14(9-13(16)17)8-11-5-4-10(2)12(7-11)15(18)19/h4-5,7H,3,6,8-9H2,1-2H3,(H,16,17). The monoisotopic (exact) mass is 266 g/mol. The number of nitro benzene ring substituents is 1. The molecule has 0 spiro atoms. The zero-order valence-corrected chi connectivity index (χ0v) is 11.1. The van der Waals surface area contributed by atoms with E-state index < -0.39 is 10.9 Å². The van der Waals surface area contributed by atoms with Crippen molar-refractivity contribution in [2.24, 2.45) is 0 Å². The van der Waals surface area contributed by atoms with Crippen molar-refractivity contribution in [1.29, 1.82) is 0 Å². The van der Waals surface area contributed by atoms with E-state index in [1.807, 2.05) is 6.92 Å². The first-order chi connectivity index (χ1) is 8.93. The van der Waals surface area contributed by atoms with E-state index >= 15 is 0 Å². The SMILES string of the molecule is CCCN(CC(=O)O)Cc1ccc(C)c([N+](=O)[O-])c1. The van der Waals surface area contributed by atoms with Gasteiger partial charge in [-0.2, -0.15) is 0 Å². The summed E-state index contributed by atoms with van der Waals surface area (Å²) < 4.78 is 0. The number of hydrogen-bond acceptors (Lipinski definition) is 4. The summed E-state index contributed by atoms with van der Waals surface area (Å²) in [5, 5.41) is 19.7. The highest BCUT2D eigenvalue weighted by atomic mass is 16.6. The van der Waals surface area contributed by atoms with Crippen molar-refractivity contribution in [1.82, 2.24) is 4.90 Å². The summed E-state index contributed by atoms with van der Waals surface area (Å²) in [5.74, 6) is -0.893. The minimum atomic E-state index is -0.893. The van der Waals surface area contributed by atoms with E-state index in [2.05, 4.69) is 0 Å². The fourth-order valence-electron chi connectivity index (χ4n) is 1.93. The van der Waals surface area contributed by atoms with Crippen LogP contribution in [0.5, 0.6) is 0 Å². The van der Waals surface area contributed by atoms with Gasteiger partial charge in [-0.1, -0.05) is 19.1 Å². The minimum Gasteiger partial charge on any atom is -0.480 e. The average molecular weight is 266 g/mol. The van der Waals surface area contributed by atoms with Gasteiger partial charge in [0, 0.05) is 18.2 Å². The Kier molecular flexibility index (Phi) is 5.44. The number of nitro groups is 1. The highest BCUT2D eigenvalue weighted by Gasteiger charge is 2.14. The maximum atomic E-state index is 10.9. The number of benzene rings is 1. The molecule has 0 saturated carbocycles. The van der Waals surface area contributed by atoms with Gasteiger partial charge in [-0.15, -0.1) is 0 Å². The Labute approximate surface area is 111 Å². The Morgan fingerprint density at radius 1 is 1.47 bits per heavy atom. The molecule has 104 valence electrons.